The molecule has 1 amide bonds. The van der Waals surface area contributed by atoms with E-state index in [2.05, 4.69) is 30.5 Å². The van der Waals surface area contributed by atoms with Crippen molar-refractivity contribution in [3.63, 3.8) is 0 Å². The summed E-state index contributed by atoms with van der Waals surface area (Å²) >= 11 is 0. The third kappa shape index (κ3) is 2.50. The van der Waals surface area contributed by atoms with Gasteiger partial charge in [-0.3, -0.25) is 4.79 Å². The van der Waals surface area contributed by atoms with Crippen molar-refractivity contribution in [3.8, 4) is 17.4 Å². The molecule has 0 saturated carbocycles. The first-order chi connectivity index (χ1) is 11.2. The number of carbonyl (C=O) groups excluding carboxylic acids is 1. The average molecular weight is 308 g/mol. The molecule has 23 heavy (non-hydrogen) atoms. The fraction of sp³-hybridized carbons (Fsp3) is 0.133. The molecule has 0 saturated heterocycles. The number of fused-ring (bicyclic) bond motifs is 1. The number of H-pyrrole nitrogens is 1. The molecule has 1 aliphatic heterocycles. The number of nitrogens with zero attached hydrogens (tertiary/aromatic N) is 4. The van der Waals surface area contributed by atoms with E-state index in [4.69, 9.17) is 5.11 Å². The van der Waals surface area contributed by atoms with E-state index in [-0.39, 0.29) is 11.9 Å². The molecule has 0 radical (unpaired) electrons. The summed E-state index contributed by atoms with van der Waals surface area (Å²) in [4.78, 5) is 26.4. The number of aromatic hydroxyl groups is 1. The van der Waals surface area contributed by atoms with Crippen LogP contribution in [-0.4, -0.2) is 36.7 Å². The molecular formula is C15H12N6O2. The summed E-state index contributed by atoms with van der Waals surface area (Å²) in [5.41, 5.74) is 6.60. The molecule has 0 bridgehead atoms. The molecule has 0 fully saturated rings. The van der Waals surface area contributed by atoms with Gasteiger partial charge < -0.3 is 10.1 Å². The van der Waals surface area contributed by atoms with Gasteiger partial charge in [0, 0.05) is 30.8 Å². The highest BCUT2D eigenvalue weighted by Gasteiger charge is 2.14. The van der Waals surface area contributed by atoms with Gasteiger partial charge in [-0.25, -0.2) is 20.4 Å². The lowest BCUT2D eigenvalue weighted by Gasteiger charge is -2.11. The Hall–Kier alpha value is -3.29. The number of nitrogens with one attached hydrogen (secondary N) is 2. The Bertz CT molecular complexity index is 929. The fourth-order valence-electron chi connectivity index (χ4n) is 2.45. The number of benzene rings is 1. The average Bonchev–Trinajstić information content (AvgIpc) is 2.99. The van der Waals surface area contributed by atoms with Gasteiger partial charge in [0.25, 0.3) is 0 Å². The second-order valence-corrected chi connectivity index (χ2v) is 5.18. The number of aromatic nitrogens is 4. The van der Waals surface area contributed by atoms with Gasteiger partial charge in [-0.05, 0) is 12.1 Å². The maximum Gasteiger partial charge on any atom is 0.313 e. The molecule has 3 heterocycles. The van der Waals surface area contributed by atoms with Crippen molar-refractivity contribution < 1.29 is 9.90 Å². The van der Waals surface area contributed by atoms with E-state index >= 15 is 0 Å². The van der Waals surface area contributed by atoms with Crippen LogP contribution in [0, 0.1) is 0 Å². The smallest absolute Gasteiger partial charge is 0.313 e. The van der Waals surface area contributed by atoms with E-state index < -0.39 is 0 Å². The molecule has 3 N–H and O–H groups in total. The minimum Gasteiger partial charge on any atom is -0.479 e. The zero-order valence-corrected chi connectivity index (χ0v) is 11.9. The van der Waals surface area contributed by atoms with Crippen LogP contribution in [0.2, 0.25) is 0 Å². The lowest BCUT2D eigenvalue weighted by atomic mass is 10.0. The molecule has 2 aromatic heterocycles. The van der Waals surface area contributed by atoms with Gasteiger partial charge in [0.05, 0.1) is 22.3 Å². The van der Waals surface area contributed by atoms with E-state index in [9.17, 15) is 4.79 Å². The van der Waals surface area contributed by atoms with Crippen LogP contribution in [0.4, 0.5) is 0 Å². The summed E-state index contributed by atoms with van der Waals surface area (Å²) < 4.78 is 0. The molecule has 4 rings (SSSR count). The summed E-state index contributed by atoms with van der Waals surface area (Å²) in [7, 11) is 0. The number of amides is 1. The van der Waals surface area contributed by atoms with Crippen molar-refractivity contribution in [2.24, 2.45) is 5.10 Å². The van der Waals surface area contributed by atoms with Crippen molar-refractivity contribution in [1.82, 2.24) is 25.4 Å². The minimum absolute atomic E-state index is 0.0655. The summed E-state index contributed by atoms with van der Waals surface area (Å²) in [6.45, 7) is 0. The molecule has 0 unspecified atom stereocenters. The van der Waals surface area contributed by atoms with Gasteiger partial charge >= 0.3 is 6.01 Å². The molecule has 1 aromatic carbocycles. The number of hydrazone groups is 1. The zero-order valence-electron chi connectivity index (χ0n) is 11.9. The van der Waals surface area contributed by atoms with Crippen LogP contribution in [0.25, 0.3) is 22.4 Å². The maximum absolute atomic E-state index is 11.2. The van der Waals surface area contributed by atoms with E-state index in [1.54, 1.807) is 0 Å². The largest absolute Gasteiger partial charge is 0.479 e. The van der Waals surface area contributed by atoms with Crippen molar-refractivity contribution in [3.05, 3.63) is 36.2 Å². The highest BCUT2D eigenvalue weighted by atomic mass is 16.3. The quantitative estimate of drug-likeness (QED) is 0.660. The molecule has 3 aromatic rings. The number of rotatable bonds is 2. The summed E-state index contributed by atoms with van der Waals surface area (Å²) in [5.74, 6) is 0.556. The Morgan fingerprint density at radius 3 is 2.65 bits per heavy atom. The van der Waals surface area contributed by atoms with Crippen LogP contribution in [0.15, 0.2) is 35.7 Å². The Kier molecular flexibility index (Phi) is 3.00. The van der Waals surface area contributed by atoms with Crippen LogP contribution >= 0.6 is 0 Å². The van der Waals surface area contributed by atoms with Gasteiger partial charge in [-0.2, -0.15) is 5.10 Å². The van der Waals surface area contributed by atoms with Crippen molar-refractivity contribution in [1.29, 1.82) is 0 Å². The zero-order chi connectivity index (χ0) is 15.8. The van der Waals surface area contributed by atoms with E-state index in [1.807, 2.05) is 18.2 Å². The molecule has 0 spiro atoms. The van der Waals surface area contributed by atoms with E-state index in [1.165, 1.54) is 12.4 Å². The molecule has 1 aliphatic rings. The first-order valence-electron chi connectivity index (χ1n) is 7.06. The molecular weight excluding hydrogens is 296 g/mol. The Morgan fingerprint density at radius 1 is 1.09 bits per heavy atom. The van der Waals surface area contributed by atoms with Gasteiger partial charge in [0.1, 0.15) is 5.82 Å². The van der Waals surface area contributed by atoms with Gasteiger partial charge in [-0.1, -0.05) is 6.07 Å². The van der Waals surface area contributed by atoms with Gasteiger partial charge in [0.15, 0.2) is 0 Å². The van der Waals surface area contributed by atoms with Crippen LogP contribution in [0.3, 0.4) is 0 Å². The van der Waals surface area contributed by atoms with Crippen LogP contribution < -0.4 is 5.43 Å². The molecule has 8 nitrogen and oxygen atoms in total. The van der Waals surface area contributed by atoms with Crippen molar-refractivity contribution in [2.75, 3.05) is 0 Å². The summed E-state index contributed by atoms with van der Waals surface area (Å²) in [6.07, 6.45) is 4.05. The van der Waals surface area contributed by atoms with Gasteiger partial charge in [0.2, 0.25) is 5.91 Å². The number of carbonyl (C=O) groups is 1. The van der Waals surface area contributed by atoms with Crippen molar-refractivity contribution >= 4 is 22.7 Å². The van der Waals surface area contributed by atoms with Gasteiger partial charge in [-0.15, -0.1) is 0 Å². The first-order valence-corrected chi connectivity index (χ1v) is 7.06. The fourth-order valence-corrected chi connectivity index (χ4v) is 2.45. The van der Waals surface area contributed by atoms with Crippen LogP contribution in [0.1, 0.15) is 18.4 Å². The van der Waals surface area contributed by atoms with Crippen molar-refractivity contribution in [2.45, 2.75) is 12.8 Å². The predicted molar refractivity (Wildman–Crippen MR) is 82.7 cm³/mol. The molecule has 0 atom stereocenters. The Morgan fingerprint density at radius 2 is 1.91 bits per heavy atom. The topological polar surface area (TPSA) is 116 Å². The van der Waals surface area contributed by atoms with E-state index in [0.29, 0.717) is 24.2 Å². The van der Waals surface area contributed by atoms with Crippen LogP contribution in [-0.2, 0) is 4.79 Å². The first kappa shape index (κ1) is 13.4. The number of hydrogen-bond acceptors (Lipinski definition) is 6. The Labute approximate surface area is 130 Å². The molecule has 0 aliphatic carbocycles. The third-order valence-corrected chi connectivity index (χ3v) is 3.63. The maximum atomic E-state index is 11.2. The highest BCUT2D eigenvalue weighted by molar-refractivity contribution is 6.05. The summed E-state index contributed by atoms with van der Waals surface area (Å²) in [6, 6.07) is 5.51. The third-order valence-electron chi connectivity index (χ3n) is 3.63. The predicted octanol–water partition coefficient (Wildman–Crippen LogP) is 1.34. The highest BCUT2D eigenvalue weighted by Crippen LogP contribution is 2.22. The SMILES string of the molecule is O=C1CCC(c2ccc3[nH]c(-c4cnc(O)nc4)nc3c2)=NN1. The number of aromatic amines is 1. The second kappa shape index (κ2) is 5.16. The monoisotopic (exact) mass is 308 g/mol. The lowest BCUT2D eigenvalue weighted by Crippen LogP contribution is -2.25. The molecule has 114 valence electrons. The molecule has 8 heteroatoms. The van der Waals surface area contributed by atoms with Crippen LogP contribution in [0.5, 0.6) is 6.01 Å². The number of imidazole rings is 1. The normalized spacial score (nSPS) is 14.6. The van der Waals surface area contributed by atoms with E-state index in [0.717, 1.165) is 22.3 Å². The minimum atomic E-state index is -0.274. The second-order valence-electron chi connectivity index (χ2n) is 5.18. The standard InChI is InChI=1S/C15H12N6O2/c22-13-4-3-10(20-21-13)8-1-2-11-12(5-8)19-14(18-11)9-6-16-15(23)17-7-9/h1-2,5-7H,3-4H2,(H,18,19)(H,21,22)(H,16,17,23). The Balaban J connectivity index is 1.72. The summed E-state index contributed by atoms with van der Waals surface area (Å²) in [5, 5.41) is 13.2. The number of hydrogen-bond donors (Lipinski definition) is 3. The lowest BCUT2D eigenvalue weighted by molar-refractivity contribution is -0.121.